The number of anilines is 1. The highest BCUT2D eigenvalue weighted by Crippen LogP contribution is 2.32. The fraction of sp³-hybridized carbons (Fsp3) is 0.0833. The van der Waals surface area contributed by atoms with Crippen molar-refractivity contribution in [3.63, 3.8) is 0 Å². The van der Waals surface area contributed by atoms with Crippen LogP contribution in [0.15, 0.2) is 73.6 Å². The number of imidazole rings is 1. The molecule has 0 spiro atoms. The number of aromatic nitrogens is 5. The largest absolute Gasteiger partial charge is 0.438 e. The number of amides is 1. The van der Waals surface area contributed by atoms with Crippen molar-refractivity contribution in [1.29, 1.82) is 0 Å². The molecule has 5 aromatic rings. The molecule has 11 heteroatoms. The summed E-state index contributed by atoms with van der Waals surface area (Å²) in [6, 6.07) is 11.3. The van der Waals surface area contributed by atoms with Crippen molar-refractivity contribution in [3.8, 4) is 17.3 Å². The van der Waals surface area contributed by atoms with Crippen LogP contribution in [0.5, 0.6) is 11.6 Å². The SMILES string of the molecule is Cc1cn(-c2cc(C(=O)Nc3ccc(Oc4ncnc5[nH]ccc45)cc3)cc(C(F)(F)F)c2)cn1. The van der Waals surface area contributed by atoms with Crippen LogP contribution in [0.1, 0.15) is 21.6 Å². The Morgan fingerprint density at radius 2 is 1.86 bits per heavy atom. The number of carbonyl (C=O) groups is 1. The van der Waals surface area contributed by atoms with Gasteiger partial charge in [-0.2, -0.15) is 13.2 Å². The molecule has 0 aliphatic carbocycles. The first-order chi connectivity index (χ1) is 16.8. The number of fused-ring (bicyclic) bond motifs is 1. The molecule has 0 aliphatic heterocycles. The molecule has 8 nitrogen and oxygen atoms in total. The number of ether oxygens (including phenoxy) is 1. The maximum atomic E-state index is 13.5. The van der Waals surface area contributed by atoms with Gasteiger partial charge in [-0.05, 0) is 55.5 Å². The number of alkyl halides is 3. The molecule has 5 rings (SSSR count). The van der Waals surface area contributed by atoms with E-state index in [0.29, 0.717) is 34.0 Å². The van der Waals surface area contributed by atoms with E-state index in [1.165, 1.54) is 23.3 Å². The summed E-state index contributed by atoms with van der Waals surface area (Å²) in [4.78, 5) is 28.0. The molecule has 2 N–H and O–H groups in total. The van der Waals surface area contributed by atoms with Gasteiger partial charge in [0, 0.05) is 29.3 Å². The van der Waals surface area contributed by atoms with E-state index in [2.05, 4.69) is 25.3 Å². The van der Waals surface area contributed by atoms with Crippen LogP contribution >= 0.6 is 0 Å². The molecule has 1 amide bonds. The molecule has 0 aliphatic rings. The van der Waals surface area contributed by atoms with Gasteiger partial charge < -0.3 is 19.6 Å². The van der Waals surface area contributed by atoms with E-state index in [0.717, 1.165) is 12.1 Å². The molecule has 0 saturated carbocycles. The number of carbonyl (C=O) groups excluding carboxylic acids is 1. The maximum Gasteiger partial charge on any atom is 0.416 e. The highest BCUT2D eigenvalue weighted by Gasteiger charge is 2.32. The lowest BCUT2D eigenvalue weighted by Gasteiger charge is -2.13. The average molecular weight is 478 g/mol. The number of benzene rings is 2. The minimum atomic E-state index is -4.62. The topological polar surface area (TPSA) is 97.7 Å². The van der Waals surface area contributed by atoms with Crippen molar-refractivity contribution in [2.45, 2.75) is 13.1 Å². The third-order valence-corrected chi connectivity index (χ3v) is 5.16. The smallest absolute Gasteiger partial charge is 0.416 e. The number of nitrogens with one attached hydrogen (secondary N) is 2. The van der Waals surface area contributed by atoms with Crippen LogP contribution in [0.25, 0.3) is 16.7 Å². The fourth-order valence-corrected chi connectivity index (χ4v) is 3.47. The van der Waals surface area contributed by atoms with Gasteiger partial charge in [0.15, 0.2) is 0 Å². The predicted molar refractivity (Wildman–Crippen MR) is 122 cm³/mol. The van der Waals surface area contributed by atoms with Crippen molar-refractivity contribution < 1.29 is 22.7 Å². The number of rotatable bonds is 5. The molecule has 0 bridgehead atoms. The summed E-state index contributed by atoms with van der Waals surface area (Å²) < 4.78 is 47.7. The predicted octanol–water partition coefficient (Wildman–Crippen LogP) is 5.52. The summed E-state index contributed by atoms with van der Waals surface area (Å²) in [6.45, 7) is 1.72. The van der Waals surface area contributed by atoms with Crippen LogP contribution in [0.4, 0.5) is 18.9 Å². The van der Waals surface area contributed by atoms with E-state index in [-0.39, 0.29) is 11.3 Å². The van der Waals surface area contributed by atoms with Gasteiger partial charge in [0.2, 0.25) is 5.88 Å². The number of nitrogens with zero attached hydrogens (tertiary/aromatic N) is 4. The lowest BCUT2D eigenvalue weighted by Crippen LogP contribution is -2.15. The summed E-state index contributed by atoms with van der Waals surface area (Å²) in [5.41, 5.74) is 0.748. The summed E-state index contributed by atoms with van der Waals surface area (Å²) in [5.74, 6) is 0.132. The number of H-pyrrole nitrogens is 1. The summed E-state index contributed by atoms with van der Waals surface area (Å²) in [6.07, 6.45) is 1.44. The molecular formula is C24H17F3N6O2. The highest BCUT2D eigenvalue weighted by molar-refractivity contribution is 6.04. The fourth-order valence-electron chi connectivity index (χ4n) is 3.47. The van der Waals surface area contributed by atoms with Crippen molar-refractivity contribution >= 4 is 22.6 Å². The van der Waals surface area contributed by atoms with Crippen molar-refractivity contribution in [3.05, 3.63) is 90.4 Å². The Hall–Kier alpha value is -4.67. The third kappa shape index (κ3) is 4.69. The van der Waals surface area contributed by atoms with Gasteiger partial charge in [-0.15, -0.1) is 0 Å². The first-order valence-electron chi connectivity index (χ1n) is 10.4. The lowest BCUT2D eigenvalue weighted by molar-refractivity contribution is -0.137. The Kier molecular flexibility index (Phi) is 5.44. The molecule has 0 radical (unpaired) electrons. The van der Waals surface area contributed by atoms with Gasteiger partial charge >= 0.3 is 6.18 Å². The summed E-state index contributed by atoms with van der Waals surface area (Å²) in [7, 11) is 0. The van der Waals surface area contributed by atoms with E-state index in [4.69, 9.17) is 4.74 Å². The Morgan fingerprint density at radius 3 is 2.57 bits per heavy atom. The highest BCUT2D eigenvalue weighted by atomic mass is 19.4. The lowest BCUT2D eigenvalue weighted by atomic mass is 10.1. The van der Waals surface area contributed by atoms with Crippen LogP contribution in [-0.4, -0.2) is 30.4 Å². The zero-order chi connectivity index (χ0) is 24.6. The second-order valence-electron chi connectivity index (χ2n) is 7.69. The molecular weight excluding hydrogens is 461 g/mol. The molecule has 0 saturated heterocycles. The Bertz CT molecular complexity index is 1520. The molecule has 176 valence electrons. The molecule has 0 atom stereocenters. The van der Waals surface area contributed by atoms with E-state index >= 15 is 0 Å². The number of hydrogen-bond acceptors (Lipinski definition) is 5. The molecule has 2 aromatic carbocycles. The molecule has 0 unspecified atom stereocenters. The number of aryl methyl sites for hydroxylation is 1. The monoisotopic (exact) mass is 478 g/mol. The first-order valence-corrected chi connectivity index (χ1v) is 10.4. The van der Waals surface area contributed by atoms with Crippen molar-refractivity contribution in [1.82, 2.24) is 24.5 Å². The maximum absolute atomic E-state index is 13.5. The Morgan fingerprint density at radius 1 is 1.06 bits per heavy atom. The number of hydrogen-bond donors (Lipinski definition) is 2. The van der Waals surface area contributed by atoms with E-state index in [1.54, 1.807) is 49.6 Å². The van der Waals surface area contributed by atoms with E-state index in [9.17, 15) is 18.0 Å². The second kappa shape index (κ2) is 8.60. The van der Waals surface area contributed by atoms with E-state index in [1.807, 2.05) is 0 Å². The zero-order valence-electron chi connectivity index (χ0n) is 18.2. The van der Waals surface area contributed by atoms with Crippen molar-refractivity contribution in [2.24, 2.45) is 0 Å². The van der Waals surface area contributed by atoms with Crippen molar-refractivity contribution in [2.75, 3.05) is 5.32 Å². The van der Waals surface area contributed by atoms with Gasteiger partial charge in [0.1, 0.15) is 17.7 Å². The van der Waals surface area contributed by atoms with Gasteiger partial charge in [-0.1, -0.05) is 0 Å². The van der Waals surface area contributed by atoms with Gasteiger partial charge in [-0.3, -0.25) is 4.79 Å². The normalized spacial score (nSPS) is 11.5. The average Bonchev–Trinajstić information content (AvgIpc) is 3.49. The van der Waals surface area contributed by atoms with Gasteiger partial charge in [0.25, 0.3) is 5.91 Å². The van der Waals surface area contributed by atoms with Crippen LogP contribution in [0, 0.1) is 6.92 Å². The summed E-state index contributed by atoms with van der Waals surface area (Å²) >= 11 is 0. The molecule has 35 heavy (non-hydrogen) atoms. The number of aromatic amines is 1. The minimum absolute atomic E-state index is 0.141. The molecule has 3 aromatic heterocycles. The Balaban J connectivity index is 1.37. The second-order valence-corrected chi connectivity index (χ2v) is 7.69. The molecule has 0 fully saturated rings. The van der Waals surface area contributed by atoms with Crippen LogP contribution in [-0.2, 0) is 6.18 Å². The minimum Gasteiger partial charge on any atom is -0.438 e. The standard InChI is InChI=1S/C24H17F3N6O2/c1-14-11-33(13-31-14)18-9-15(8-16(10-18)24(25,26)27)22(34)32-17-2-4-19(5-3-17)35-23-20-6-7-28-21(20)29-12-30-23/h2-13H,1H3,(H,32,34)(H,28,29,30). The third-order valence-electron chi connectivity index (χ3n) is 5.16. The van der Waals surface area contributed by atoms with Crippen LogP contribution < -0.4 is 10.1 Å². The molecule has 3 heterocycles. The summed E-state index contributed by atoms with van der Waals surface area (Å²) in [5, 5.41) is 3.33. The Labute approximate surface area is 196 Å². The van der Waals surface area contributed by atoms with E-state index < -0.39 is 17.6 Å². The quantitative estimate of drug-likeness (QED) is 0.347. The van der Waals surface area contributed by atoms with Gasteiger partial charge in [-0.25, -0.2) is 15.0 Å². The first kappa shape index (κ1) is 22.1. The van der Waals surface area contributed by atoms with Crippen LogP contribution in [0.3, 0.4) is 0 Å². The van der Waals surface area contributed by atoms with Gasteiger partial charge in [0.05, 0.1) is 23.0 Å². The zero-order valence-corrected chi connectivity index (χ0v) is 18.2. The van der Waals surface area contributed by atoms with Crippen LogP contribution in [0.2, 0.25) is 0 Å². The number of halogens is 3.